The Morgan fingerprint density at radius 2 is 1.67 bits per heavy atom. The number of carbonyl (C=O) groups is 1. The van der Waals surface area contributed by atoms with Gasteiger partial charge in [-0.1, -0.05) is 35.5 Å². The second kappa shape index (κ2) is 10.2. The molecule has 1 aromatic heterocycles. The Labute approximate surface area is 219 Å². The van der Waals surface area contributed by atoms with E-state index in [0.29, 0.717) is 17.3 Å². The number of likely N-dealkylation sites (N-methyl/N-ethyl adjacent to an activating group) is 1. The van der Waals surface area contributed by atoms with Gasteiger partial charge in [0.2, 0.25) is 11.7 Å². The average molecular weight is 546 g/mol. The Balaban J connectivity index is 1.30. The molecule has 0 saturated carbocycles. The van der Waals surface area contributed by atoms with Crippen LogP contribution in [0, 0.1) is 13.8 Å². The summed E-state index contributed by atoms with van der Waals surface area (Å²) >= 11 is 3.67. The third-order valence-electron chi connectivity index (χ3n) is 6.52. The van der Waals surface area contributed by atoms with Crippen molar-refractivity contribution in [2.45, 2.75) is 13.8 Å². The number of benzene rings is 3. The number of nitrogens with zero attached hydrogens (tertiary/aromatic N) is 4. The van der Waals surface area contributed by atoms with Gasteiger partial charge in [0.1, 0.15) is 0 Å². The van der Waals surface area contributed by atoms with E-state index in [-0.39, 0.29) is 5.91 Å². The quantitative estimate of drug-likeness (QED) is 0.342. The first kappa shape index (κ1) is 24.2. The molecule has 1 fully saturated rings. The van der Waals surface area contributed by atoms with Crippen molar-refractivity contribution in [3.05, 3.63) is 82.2 Å². The minimum Gasteiger partial charge on any atom is -0.368 e. The van der Waals surface area contributed by atoms with E-state index in [9.17, 15) is 4.79 Å². The van der Waals surface area contributed by atoms with Gasteiger partial charge in [-0.05, 0) is 76.9 Å². The highest BCUT2D eigenvalue weighted by atomic mass is 79.9. The standard InChI is InChI=1S/C28H28BrN5O2/c1-18-16-22(8-10-24(18)20-4-6-21(7-5-20)27-30-19(2)36-32-27)28(35)31-23-9-11-25(29)26(17-23)34-14-12-33(3)13-15-34/h4-11,16-17H,12-15H2,1-3H3,(H,31,35). The molecule has 184 valence electrons. The molecule has 0 bridgehead atoms. The van der Waals surface area contributed by atoms with Gasteiger partial charge in [-0.2, -0.15) is 4.98 Å². The average Bonchev–Trinajstić information content (AvgIpc) is 3.32. The van der Waals surface area contributed by atoms with Crippen LogP contribution in [0.1, 0.15) is 21.8 Å². The van der Waals surface area contributed by atoms with Crippen LogP contribution >= 0.6 is 15.9 Å². The summed E-state index contributed by atoms with van der Waals surface area (Å²) < 4.78 is 6.11. The van der Waals surface area contributed by atoms with E-state index in [4.69, 9.17) is 4.52 Å². The molecule has 1 saturated heterocycles. The lowest BCUT2D eigenvalue weighted by Crippen LogP contribution is -2.44. The lowest BCUT2D eigenvalue weighted by atomic mass is 9.97. The van der Waals surface area contributed by atoms with Gasteiger partial charge >= 0.3 is 0 Å². The van der Waals surface area contributed by atoms with E-state index >= 15 is 0 Å². The van der Waals surface area contributed by atoms with Gasteiger partial charge < -0.3 is 19.6 Å². The number of piperazine rings is 1. The summed E-state index contributed by atoms with van der Waals surface area (Å²) in [6.07, 6.45) is 0. The van der Waals surface area contributed by atoms with Crippen LogP contribution in [-0.4, -0.2) is 54.2 Å². The first-order chi connectivity index (χ1) is 17.4. The largest absolute Gasteiger partial charge is 0.368 e. The Bertz CT molecular complexity index is 1390. The zero-order chi connectivity index (χ0) is 25.2. The van der Waals surface area contributed by atoms with Crippen molar-refractivity contribution in [2.75, 3.05) is 43.4 Å². The smallest absolute Gasteiger partial charge is 0.255 e. The topological polar surface area (TPSA) is 74.5 Å². The maximum absolute atomic E-state index is 13.1. The molecule has 0 aliphatic carbocycles. The van der Waals surface area contributed by atoms with Crippen LogP contribution in [0.4, 0.5) is 11.4 Å². The fourth-order valence-corrected chi connectivity index (χ4v) is 4.92. The van der Waals surface area contributed by atoms with Gasteiger partial charge in [-0.25, -0.2) is 0 Å². The second-order valence-electron chi connectivity index (χ2n) is 9.15. The first-order valence-electron chi connectivity index (χ1n) is 11.9. The van der Waals surface area contributed by atoms with Crippen LogP contribution in [0.2, 0.25) is 0 Å². The lowest BCUT2D eigenvalue weighted by Gasteiger charge is -2.34. The molecule has 1 amide bonds. The van der Waals surface area contributed by atoms with Crippen LogP contribution in [0.25, 0.3) is 22.5 Å². The van der Waals surface area contributed by atoms with Crippen molar-refractivity contribution in [2.24, 2.45) is 0 Å². The minimum atomic E-state index is -0.126. The highest BCUT2D eigenvalue weighted by Crippen LogP contribution is 2.31. The number of anilines is 2. The summed E-state index contributed by atoms with van der Waals surface area (Å²) in [7, 11) is 2.14. The highest BCUT2D eigenvalue weighted by Gasteiger charge is 2.18. The van der Waals surface area contributed by atoms with E-state index in [0.717, 1.165) is 64.3 Å². The van der Waals surface area contributed by atoms with Gasteiger partial charge in [0.25, 0.3) is 5.91 Å². The molecule has 4 aromatic rings. The molecule has 1 aliphatic heterocycles. The fourth-order valence-electron chi connectivity index (χ4n) is 4.43. The van der Waals surface area contributed by atoms with Crippen LogP contribution in [0.5, 0.6) is 0 Å². The Hall–Kier alpha value is -3.49. The molecule has 8 heteroatoms. The number of aromatic nitrogens is 2. The van der Waals surface area contributed by atoms with Gasteiger partial charge in [0, 0.05) is 54.4 Å². The summed E-state index contributed by atoms with van der Waals surface area (Å²) in [6.45, 7) is 7.76. The molecule has 36 heavy (non-hydrogen) atoms. The van der Waals surface area contributed by atoms with Gasteiger partial charge in [0.05, 0.1) is 5.69 Å². The van der Waals surface area contributed by atoms with E-state index < -0.39 is 0 Å². The van der Waals surface area contributed by atoms with Crippen molar-refractivity contribution in [3.8, 4) is 22.5 Å². The van der Waals surface area contributed by atoms with Gasteiger partial charge in [-0.3, -0.25) is 4.79 Å². The number of rotatable bonds is 5. The highest BCUT2D eigenvalue weighted by molar-refractivity contribution is 9.10. The second-order valence-corrected chi connectivity index (χ2v) is 10.0. The molecule has 7 nitrogen and oxygen atoms in total. The first-order valence-corrected chi connectivity index (χ1v) is 12.7. The zero-order valence-corrected chi connectivity index (χ0v) is 22.2. The number of hydrogen-bond donors (Lipinski definition) is 1. The maximum atomic E-state index is 13.1. The molecule has 1 aliphatic rings. The van der Waals surface area contributed by atoms with Gasteiger partial charge in [0.15, 0.2) is 0 Å². The Kier molecular flexibility index (Phi) is 6.89. The fraction of sp³-hybridized carbons (Fsp3) is 0.250. The number of amides is 1. The van der Waals surface area contributed by atoms with E-state index in [1.807, 2.05) is 67.6 Å². The number of halogens is 1. The Morgan fingerprint density at radius 3 is 2.33 bits per heavy atom. The molecule has 0 spiro atoms. The van der Waals surface area contributed by atoms with E-state index in [1.165, 1.54) is 0 Å². The van der Waals surface area contributed by atoms with E-state index in [1.54, 1.807) is 6.92 Å². The SMILES string of the molecule is Cc1nc(-c2ccc(-c3ccc(C(=O)Nc4ccc(Br)c(N5CCN(C)CC5)c4)cc3C)cc2)no1. The van der Waals surface area contributed by atoms with Crippen LogP contribution in [0.15, 0.2) is 69.7 Å². The molecule has 5 rings (SSSR count). The Morgan fingerprint density at radius 1 is 0.944 bits per heavy atom. The third-order valence-corrected chi connectivity index (χ3v) is 7.19. The molecule has 3 aromatic carbocycles. The van der Waals surface area contributed by atoms with Crippen molar-refractivity contribution < 1.29 is 9.32 Å². The summed E-state index contributed by atoms with van der Waals surface area (Å²) in [5.41, 5.74) is 6.57. The third kappa shape index (κ3) is 5.20. The summed E-state index contributed by atoms with van der Waals surface area (Å²) in [5.74, 6) is 0.989. The maximum Gasteiger partial charge on any atom is 0.255 e. The predicted molar refractivity (Wildman–Crippen MR) is 146 cm³/mol. The van der Waals surface area contributed by atoms with Crippen LogP contribution < -0.4 is 10.2 Å². The molecule has 0 unspecified atom stereocenters. The van der Waals surface area contributed by atoms with Crippen molar-refractivity contribution in [3.63, 3.8) is 0 Å². The van der Waals surface area contributed by atoms with Crippen molar-refractivity contribution in [1.82, 2.24) is 15.0 Å². The zero-order valence-electron chi connectivity index (χ0n) is 20.6. The lowest BCUT2D eigenvalue weighted by molar-refractivity contribution is 0.102. The molecular weight excluding hydrogens is 518 g/mol. The summed E-state index contributed by atoms with van der Waals surface area (Å²) in [4.78, 5) is 22.0. The predicted octanol–water partition coefficient (Wildman–Crippen LogP) is 5.79. The van der Waals surface area contributed by atoms with E-state index in [2.05, 4.69) is 48.2 Å². The molecule has 2 heterocycles. The van der Waals surface area contributed by atoms with Crippen LogP contribution in [0.3, 0.4) is 0 Å². The van der Waals surface area contributed by atoms with Crippen LogP contribution in [-0.2, 0) is 0 Å². The molecule has 0 radical (unpaired) electrons. The number of carbonyl (C=O) groups excluding carboxylic acids is 1. The normalized spacial score (nSPS) is 14.2. The minimum absolute atomic E-state index is 0.126. The van der Waals surface area contributed by atoms with Crippen molar-refractivity contribution in [1.29, 1.82) is 0 Å². The van der Waals surface area contributed by atoms with Gasteiger partial charge in [-0.15, -0.1) is 0 Å². The number of aryl methyl sites for hydroxylation is 2. The number of nitrogens with one attached hydrogen (secondary N) is 1. The molecular formula is C28H28BrN5O2. The number of hydrogen-bond acceptors (Lipinski definition) is 6. The molecule has 0 atom stereocenters. The summed E-state index contributed by atoms with van der Waals surface area (Å²) in [6, 6.07) is 19.8. The monoisotopic (exact) mass is 545 g/mol. The molecule has 1 N–H and O–H groups in total. The van der Waals surface area contributed by atoms with Crippen molar-refractivity contribution >= 4 is 33.2 Å². The summed E-state index contributed by atoms with van der Waals surface area (Å²) in [5, 5.41) is 7.04.